The largest absolute Gasteiger partial charge is 0.494 e. The molecule has 25 heavy (non-hydrogen) atoms. The summed E-state index contributed by atoms with van der Waals surface area (Å²) in [4.78, 5) is 20.7. The van der Waals surface area contributed by atoms with Gasteiger partial charge in [-0.1, -0.05) is 0 Å². The first-order chi connectivity index (χ1) is 12.1. The van der Waals surface area contributed by atoms with Crippen molar-refractivity contribution in [2.45, 2.75) is 27.3 Å². The third-order valence-electron chi connectivity index (χ3n) is 3.92. The Kier molecular flexibility index (Phi) is 7.40. The van der Waals surface area contributed by atoms with Gasteiger partial charge in [-0.25, -0.2) is 4.98 Å². The molecule has 1 amide bonds. The van der Waals surface area contributed by atoms with Gasteiger partial charge in [-0.05, 0) is 52.1 Å². The number of nitrogens with zero attached hydrogens (tertiary/aromatic N) is 3. The standard InChI is InChI=1S/C19H27N3O2S/c1-5-22(6-2)18(23)13-21(4)12-16-14-25-19(20-16)15-8-10-17(11-9-15)24-7-3/h8-11,14H,5-7,12-13H2,1-4H3. The minimum absolute atomic E-state index is 0.162. The summed E-state index contributed by atoms with van der Waals surface area (Å²) in [6.45, 7) is 9.24. The first-order valence-corrected chi connectivity index (χ1v) is 9.59. The second-order valence-corrected chi connectivity index (χ2v) is 6.70. The van der Waals surface area contributed by atoms with Gasteiger partial charge in [0.25, 0.3) is 0 Å². The molecule has 0 N–H and O–H groups in total. The number of carbonyl (C=O) groups excluding carboxylic acids is 1. The Balaban J connectivity index is 1.95. The molecule has 136 valence electrons. The normalized spacial score (nSPS) is 10.9. The van der Waals surface area contributed by atoms with E-state index in [1.807, 2.05) is 61.9 Å². The molecule has 0 saturated carbocycles. The van der Waals surface area contributed by atoms with Gasteiger partial charge in [0.15, 0.2) is 0 Å². The Morgan fingerprint density at radius 3 is 2.44 bits per heavy atom. The van der Waals surface area contributed by atoms with Crippen LogP contribution >= 0.6 is 11.3 Å². The lowest BCUT2D eigenvalue weighted by atomic mass is 10.2. The first kappa shape index (κ1) is 19.4. The maximum Gasteiger partial charge on any atom is 0.236 e. The third kappa shape index (κ3) is 5.54. The SMILES string of the molecule is CCOc1ccc(-c2nc(CN(C)CC(=O)N(CC)CC)cs2)cc1. The number of thiazole rings is 1. The molecule has 5 nitrogen and oxygen atoms in total. The minimum Gasteiger partial charge on any atom is -0.494 e. The number of hydrogen-bond acceptors (Lipinski definition) is 5. The molecule has 6 heteroatoms. The summed E-state index contributed by atoms with van der Waals surface area (Å²) < 4.78 is 5.47. The molecule has 0 fully saturated rings. The maximum absolute atomic E-state index is 12.2. The van der Waals surface area contributed by atoms with Crippen LogP contribution in [-0.4, -0.2) is 54.0 Å². The Hall–Kier alpha value is -1.92. The van der Waals surface area contributed by atoms with Crippen molar-refractivity contribution in [3.63, 3.8) is 0 Å². The fourth-order valence-corrected chi connectivity index (χ4v) is 3.43. The van der Waals surface area contributed by atoms with Crippen molar-refractivity contribution in [2.75, 3.05) is 33.3 Å². The Bertz CT molecular complexity index is 666. The number of aromatic nitrogens is 1. The summed E-state index contributed by atoms with van der Waals surface area (Å²) in [7, 11) is 1.96. The number of amides is 1. The highest BCUT2D eigenvalue weighted by Crippen LogP contribution is 2.26. The molecule has 0 saturated heterocycles. The molecule has 0 spiro atoms. The van der Waals surface area contributed by atoms with E-state index in [1.54, 1.807) is 11.3 Å². The molecule has 0 radical (unpaired) electrons. The monoisotopic (exact) mass is 361 g/mol. The van der Waals surface area contributed by atoms with Crippen LogP contribution in [0.2, 0.25) is 0 Å². The van der Waals surface area contributed by atoms with Gasteiger partial charge in [0.05, 0.1) is 18.8 Å². The fraction of sp³-hybridized carbons (Fsp3) is 0.474. The van der Waals surface area contributed by atoms with Crippen molar-refractivity contribution in [2.24, 2.45) is 0 Å². The van der Waals surface area contributed by atoms with Crippen molar-refractivity contribution in [1.29, 1.82) is 0 Å². The highest BCUT2D eigenvalue weighted by molar-refractivity contribution is 7.13. The summed E-state index contributed by atoms with van der Waals surface area (Å²) in [5, 5.41) is 3.05. The topological polar surface area (TPSA) is 45.7 Å². The van der Waals surface area contributed by atoms with Crippen LogP contribution in [0, 0.1) is 0 Å². The van der Waals surface area contributed by atoms with Crippen molar-refractivity contribution in [1.82, 2.24) is 14.8 Å². The fourth-order valence-electron chi connectivity index (χ4n) is 2.61. The van der Waals surface area contributed by atoms with E-state index in [0.29, 0.717) is 19.7 Å². The van der Waals surface area contributed by atoms with Gasteiger partial charge in [-0.2, -0.15) is 0 Å². The van der Waals surface area contributed by atoms with E-state index >= 15 is 0 Å². The molecule has 1 heterocycles. The van der Waals surface area contributed by atoms with Gasteiger partial charge >= 0.3 is 0 Å². The molecule has 0 unspecified atom stereocenters. The summed E-state index contributed by atoms with van der Waals surface area (Å²) in [5.74, 6) is 1.03. The molecular weight excluding hydrogens is 334 g/mol. The van der Waals surface area contributed by atoms with Crippen molar-refractivity contribution < 1.29 is 9.53 Å². The van der Waals surface area contributed by atoms with Crippen LogP contribution in [0.25, 0.3) is 10.6 Å². The summed E-state index contributed by atoms with van der Waals surface area (Å²) in [5.41, 5.74) is 2.07. The minimum atomic E-state index is 0.162. The molecular formula is C19H27N3O2S. The number of carbonyl (C=O) groups is 1. The molecule has 0 aliphatic rings. The second-order valence-electron chi connectivity index (χ2n) is 5.84. The lowest BCUT2D eigenvalue weighted by Crippen LogP contribution is -2.38. The van der Waals surface area contributed by atoms with Crippen molar-refractivity contribution >= 4 is 17.2 Å². The van der Waals surface area contributed by atoms with Gasteiger partial charge < -0.3 is 9.64 Å². The number of ether oxygens (including phenoxy) is 1. The van der Waals surface area contributed by atoms with Crippen LogP contribution < -0.4 is 4.74 Å². The number of benzene rings is 1. The molecule has 1 aromatic heterocycles. The van der Waals surface area contributed by atoms with Crippen LogP contribution in [0.4, 0.5) is 0 Å². The summed E-state index contributed by atoms with van der Waals surface area (Å²) in [6.07, 6.45) is 0. The zero-order chi connectivity index (χ0) is 18.2. The van der Waals surface area contributed by atoms with E-state index in [0.717, 1.165) is 35.1 Å². The zero-order valence-corrected chi connectivity index (χ0v) is 16.3. The summed E-state index contributed by atoms with van der Waals surface area (Å²) in [6, 6.07) is 7.99. The summed E-state index contributed by atoms with van der Waals surface area (Å²) >= 11 is 1.62. The van der Waals surface area contributed by atoms with E-state index in [9.17, 15) is 4.79 Å². The van der Waals surface area contributed by atoms with E-state index in [2.05, 4.69) is 5.38 Å². The molecule has 0 bridgehead atoms. The van der Waals surface area contributed by atoms with Crippen LogP contribution in [0.15, 0.2) is 29.6 Å². The van der Waals surface area contributed by atoms with Gasteiger partial charge in [0.1, 0.15) is 10.8 Å². The van der Waals surface area contributed by atoms with Crippen LogP contribution in [-0.2, 0) is 11.3 Å². The predicted octanol–water partition coefficient (Wildman–Crippen LogP) is 3.51. The van der Waals surface area contributed by atoms with Crippen molar-refractivity contribution in [3.8, 4) is 16.3 Å². The van der Waals surface area contributed by atoms with Gasteiger partial charge in [0.2, 0.25) is 5.91 Å². The Morgan fingerprint density at radius 2 is 1.84 bits per heavy atom. The van der Waals surface area contributed by atoms with E-state index in [4.69, 9.17) is 9.72 Å². The average molecular weight is 362 g/mol. The van der Waals surface area contributed by atoms with E-state index in [-0.39, 0.29) is 5.91 Å². The van der Waals surface area contributed by atoms with Gasteiger partial charge in [-0.3, -0.25) is 9.69 Å². The molecule has 2 aromatic rings. The van der Waals surface area contributed by atoms with Gasteiger partial charge in [-0.15, -0.1) is 11.3 Å². The number of hydrogen-bond donors (Lipinski definition) is 0. The van der Waals surface area contributed by atoms with Crippen molar-refractivity contribution in [3.05, 3.63) is 35.3 Å². The van der Waals surface area contributed by atoms with Crippen LogP contribution in [0.1, 0.15) is 26.5 Å². The Morgan fingerprint density at radius 1 is 1.16 bits per heavy atom. The first-order valence-electron chi connectivity index (χ1n) is 8.71. The smallest absolute Gasteiger partial charge is 0.236 e. The molecule has 0 aliphatic heterocycles. The predicted molar refractivity (Wildman–Crippen MR) is 103 cm³/mol. The molecule has 1 aromatic carbocycles. The lowest BCUT2D eigenvalue weighted by Gasteiger charge is -2.22. The second kappa shape index (κ2) is 9.53. The van der Waals surface area contributed by atoms with E-state index in [1.165, 1.54) is 0 Å². The highest BCUT2D eigenvalue weighted by Gasteiger charge is 2.14. The lowest BCUT2D eigenvalue weighted by molar-refractivity contribution is -0.131. The third-order valence-corrected chi connectivity index (χ3v) is 4.86. The Labute approximate surface area is 154 Å². The molecule has 0 aliphatic carbocycles. The average Bonchev–Trinajstić information content (AvgIpc) is 3.05. The molecule has 2 rings (SSSR count). The maximum atomic E-state index is 12.2. The van der Waals surface area contributed by atoms with E-state index < -0.39 is 0 Å². The van der Waals surface area contributed by atoms with Gasteiger partial charge in [0, 0.05) is 30.6 Å². The zero-order valence-electron chi connectivity index (χ0n) is 15.5. The molecule has 0 atom stereocenters. The highest BCUT2D eigenvalue weighted by atomic mass is 32.1. The number of likely N-dealkylation sites (N-methyl/N-ethyl adjacent to an activating group) is 2. The van der Waals surface area contributed by atoms with Crippen LogP contribution in [0.3, 0.4) is 0 Å². The number of rotatable bonds is 9. The quantitative estimate of drug-likeness (QED) is 0.686. The van der Waals surface area contributed by atoms with Crippen LogP contribution in [0.5, 0.6) is 5.75 Å².